The van der Waals surface area contributed by atoms with E-state index in [-0.39, 0.29) is 6.61 Å². The first-order chi connectivity index (χ1) is 14.2. The second-order valence-electron chi connectivity index (χ2n) is 6.16. The summed E-state index contributed by atoms with van der Waals surface area (Å²) >= 11 is 0. The predicted molar refractivity (Wildman–Crippen MR) is 112 cm³/mol. The number of nitrogens with zero attached hydrogens (tertiary/aromatic N) is 1. The molecule has 1 amide bonds. The van der Waals surface area contributed by atoms with Gasteiger partial charge in [0.05, 0.1) is 18.5 Å². The molecule has 0 atom stereocenters. The smallest absolute Gasteiger partial charge is 0.411 e. The van der Waals surface area contributed by atoms with Gasteiger partial charge in [-0.05, 0) is 55.0 Å². The highest BCUT2D eigenvalue weighted by Crippen LogP contribution is 2.21. The van der Waals surface area contributed by atoms with Gasteiger partial charge in [0.1, 0.15) is 18.1 Å². The van der Waals surface area contributed by atoms with Crippen LogP contribution in [0.15, 0.2) is 84.0 Å². The summed E-state index contributed by atoms with van der Waals surface area (Å²) in [5.41, 5.74) is 3.07. The molecule has 0 saturated carbocycles. The zero-order valence-electron chi connectivity index (χ0n) is 16.3. The van der Waals surface area contributed by atoms with Crippen molar-refractivity contribution in [2.24, 2.45) is 5.16 Å². The molecular formula is C23H22N2O4. The average Bonchev–Trinajstić information content (AvgIpc) is 2.76. The van der Waals surface area contributed by atoms with Gasteiger partial charge in [0.2, 0.25) is 0 Å². The van der Waals surface area contributed by atoms with Crippen LogP contribution in [0.1, 0.15) is 18.1 Å². The third-order valence-corrected chi connectivity index (χ3v) is 4.11. The first-order valence-corrected chi connectivity index (χ1v) is 9.08. The summed E-state index contributed by atoms with van der Waals surface area (Å²) < 4.78 is 10.4. The Morgan fingerprint density at radius 2 is 1.55 bits per heavy atom. The van der Waals surface area contributed by atoms with Gasteiger partial charge in [-0.3, -0.25) is 5.32 Å². The van der Waals surface area contributed by atoms with Crippen molar-refractivity contribution in [1.82, 2.24) is 0 Å². The van der Waals surface area contributed by atoms with Crippen molar-refractivity contribution in [3.8, 4) is 11.5 Å². The number of amides is 1. The molecule has 3 aromatic carbocycles. The van der Waals surface area contributed by atoms with Crippen LogP contribution in [0.3, 0.4) is 0 Å². The molecule has 0 fully saturated rings. The van der Waals surface area contributed by atoms with Crippen molar-refractivity contribution in [2.45, 2.75) is 13.5 Å². The lowest BCUT2D eigenvalue weighted by molar-refractivity contribution is 0.131. The topological polar surface area (TPSA) is 69.2 Å². The van der Waals surface area contributed by atoms with Crippen LogP contribution in [-0.2, 0) is 16.2 Å². The molecule has 0 aliphatic heterocycles. The van der Waals surface area contributed by atoms with E-state index >= 15 is 0 Å². The highest BCUT2D eigenvalue weighted by Gasteiger charge is 2.07. The minimum atomic E-state index is -0.532. The molecule has 0 radical (unpaired) electrons. The van der Waals surface area contributed by atoms with E-state index < -0.39 is 6.09 Å². The molecule has 0 spiro atoms. The lowest BCUT2D eigenvalue weighted by Gasteiger charge is -2.10. The fourth-order valence-electron chi connectivity index (χ4n) is 2.57. The maximum Gasteiger partial charge on any atom is 0.411 e. The van der Waals surface area contributed by atoms with Crippen molar-refractivity contribution in [1.29, 1.82) is 0 Å². The van der Waals surface area contributed by atoms with Crippen LogP contribution in [0.4, 0.5) is 10.5 Å². The van der Waals surface area contributed by atoms with Crippen LogP contribution < -0.4 is 10.1 Å². The highest BCUT2D eigenvalue weighted by atomic mass is 16.6. The second-order valence-corrected chi connectivity index (χ2v) is 6.16. The van der Waals surface area contributed by atoms with Crippen molar-refractivity contribution >= 4 is 17.5 Å². The minimum Gasteiger partial charge on any atom is -0.457 e. The van der Waals surface area contributed by atoms with Crippen LogP contribution in [-0.4, -0.2) is 18.9 Å². The van der Waals surface area contributed by atoms with Crippen LogP contribution in [0, 0.1) is 0 Å². The Bertz CT molecular complexity index is 970. The summed E-state index contributed by atoms with van der Waals surface area (Å²) in [6.07, 6.45) is -0.532. The predicted octanol–water partition coefficient (Wildman–Crippen LogP) is 5.60. The van der Waals surface area contributed by atoms with Gasteiger partial charge in [-0.2, -0.15) is 0 Å². The standard InChI is InChI=1S/C23H22N2O4/c1-17(18-12-14-21(15-13-18)29-20-9-4-3-5-10-20)25-28-16-19-8-6-7-11-22(19)24-23(26)27-2/h3-15H,16H2,1-2H3,(H,24,26). The zero-order valence-corrected chi connectivity index (χ0v) is 16.3. The number of anilines is 1. The largest absolute Gasteiger partial charge is 0.457 e. The molecule has 0 unspecified atom stereocenters. The molecule has 0 saturated heterocycles. The summed E-state index contributed by atoms with van der Waals surface area (Å²) in [4.78, 5) is 16.9. The first kappa shape index (κ1) is 19.9. The Morgan fingerprint density at radius 3 is 2.28 bits per heavy atom. The van der Waals surface area contributed by atoms with E-state index in [0.717, 1.165) is 28.3 Å². The molecule has 6 heteroatoms. The molecule has 0 bridgehead atoms. The van der Waals surface area contributed by atoms with Gasteiger partial charge < -0.3 is 14.3 Å². The lowest BCUT2D eigenvalue weighted by Crippen LogP contribution is -2.12. The maximum absolute atomic E-state index is 11.4. The van der Waals surface area contributed by atoms with Crippen molar-refractivity contribution in [3.05, 3.63) is 90.0 Å². The number of oxime groups is 1. The van der Waals surface area contributed by atoms with E-state index in [1.54, 1.807) is 6.07 Å². The molecule has 1 N–H and O–H groups in total. The summed E-state index contributed by atoms with van der Waals surface area (Å²) in [5.74, 6) is 1.53. The SMILES string of the molecule is COC(=O)Nc1ccccc1CON=C(C)c1ccc(Oc2ccccc2)cc1. The number of carbonyl (C=O) groups excluding carboxylic acids is 1. The van der Waals surface area contributed by atoms with Crippen LogP contribution in [0.2, 0.25) is 0 Å². The third kappa shape index (κ3) is 5.84. The number of ether oxygens (including phenoxy) is 2. The lowest BCUT2D eigenvalue weighted by atomic mass is 10.1. The Balaban J connectivity index is 1.60. The molecule has 148 valence electrons. The number of benzene rings is 3. The fourth-order valence-corrected chi connectivity index (χ4v) is 2.57. The number of rotatable bonds is 7. The molecular weight excluding hydrogens is 368 g/mol. The minimum absolute atomic E-state index is 0.215. The Labute approximate surface area is 169 Å². The van der Waals surface area contributed by atoms with Crippen molar-refractivity contribution < 1.29 is 19.1 Å². The van der Waals surface area contributed by atoms with Crippen molar-refractivity contribution in [3.63, 3.8) is 0 Å². The van der Waals surface area contributed by atoms with E-state index in [4.69, 9.17) is 9.57 Å². The highest BCUT2D eigenvalue weighted by molar-refractivity contribution is 5.98. The number of nitrogens with one attached hydrogen (secondary N) is 1. The van der Waals surface area contributed by atoms with Gasteiger partial charge in [0.25, 0.3) is 0 Å². The summed E-state index contributed by atoms with van der Waals surface area (Å²) in [6.45, 7) is 2.08. The van der Waals surface area contributed by atoms with Gasteiger partial charge in [-0.1, -0.05) is 41.6 Å². The third-order valence-electron chi connectivity index (χ3n) is 4.11. The molecule has 0 aliphatic rings. The average molecular weight is 390 g/mol. The number of para-hydroxylation sites is 2. The van der Waals surface area contributed by atoms with Crippen LogP contribution >= 0.6 is 0 Å². The van der Waals surface area contributed by atoms with Gasteiger partial charge in [-0.25, -0.2) is 4.79 Å². The van der Waals surface area contributed by atoms with E-state index in [2.05, 4.69) is 15.2 Å². The molecule has 0 heterocycles. The second kappa shape index (κ2) is 9.94. The Hall–Kier alpha value is -3.80. The van der Waals surface area contributed by atoms with E-state index in [9.17, 15) is 4.79 Å². The summed E-state index contributed by atoms with van der Waals surface area (Å²) in [5, 5.41) is 6.83. The van der Waals surface area contributed by atoms with Crippen molar-refractivity contribution in [2.75, 3.05) is 12.4 Å². The first-order valence-electron chi connectivity index (χ1n) is 9.08. The zero-order chi connectivity index (χ0) is 20.5. The molecule has 0 aromatic heterocycles. The molecule has 3 aromatic rings. The summed E-state index contributed by atoms with van der Waals surface area (Å²) in [6, 6.07) is 24.5. The number of hydrogen-bond acceptors (Lipinski definition) is 5. The quantitative estimate of drug-likeness (QED) is 0.421. The van der Waals surface area contributed by atoms with Gasteiger partial charge >= 0.3 is 6.09 Å². The number of carbonyl (C=O) groups is 1. The monoisotopic (exact) mass is 390 g/mol. The Kier molecular flexibility index (Phi) is 6.84. The van der Waals surface area contributed by atoms with Gasteiger partial charge in [-0.15, -0.1) is 0 Å². The van der Waals surface area contributed by atoms with E-state index in [0.29, 0.717) is 5.69 Å². The number of hydrogen-bond donors (Lipinski definition) is 1. The summed E-state index contributed by atoms with van der Waals surface area (Å²) in [7, 11) is 1.32. The molecule has 6 nitrogen and oxygen atoms in total. The van der Waals surface area contributed by atoms with E-state index in [1.165, 1.54) is 7.11 Å². The van der Waals surface area contributed by atoms with Gasteiger partial charge in [0, 0.05) is 5.56 Å². The molecule has 29 heavy (non-hydrogen) atoms. The van der Waals surface area contributed by atoms with E-state index in [1.807, 2.05) is 79.7 Å². The van der Waals surface area contributed by atoms with Crippen LogP contribution in [0.25, 0.3) is 0 Å². The fraction of sp³-hybridized carbons (Fsp3) is 0.130. The van der Waals surface area contributed by atoms with Gasteiger partial charge in [0.15, 0.2) is 0 Å². The normalized spacial score (nSPS) is 10.9. The maximum atomic E-state index is 11.4. The molecule has 0 aliphatic carbocycles. The molecule has 3 rings (SSSR count). The van der Waals surface area contributed by atoms with Crippen LogP contribution in [0.5, 0.6) is 11.5 Å². The number of methoxy groups -OCH3 is 1. The Morgan fingerprint density at radius 1 is 0.897 bits per heavy atom.